The maximum absolute atomic E-state index is 6.73. The molecule has 0 saturated carbocycles. The molecular formula is C28H27ClP+. The van der Waals surface area contributed by atoms with Crippen molar-refractivity contribution in [3.05, 3.63) is 124 Å². The van der Waals surface area contributed by atoms with Gasteiger partial charge in [-0.2, -0.15) is 0 Å². The molecule has 0 nitrogen and oxygen atoms in total. The van der Waals surface area contributed by atoms with Crippen molar-refractivity contribution in [2.45, 2.75) is 26.9 Å². The minimum atomic E-state index is -1.92. The first-order valence-corrected chi connectivity index (χ1v) is 12.7. The third kappa shape index (κ3) is 3.71. The van der Waals surface area contributed by atoms with E-state index >= 15 is 0 Å². The van der Waals surface area contributed by atoms with E-state index in [9.17, 15) is 0 Å². The van der Waals surface area contributed by atoms with E-state index in [0.717, 1.165) is 16.7 Å². The van der Waals surface area contributed by atoms with Gasteiger partial charge in [0, 0.05) is 5.02 Å². The number of hydrogen-bond acceptors (Lipinski definition) is 0. The summed E-state index contributed by atoms with van der Waals surface area (Å²) in [4.78, 5) is 0. The zero-order valence-corrected chi connectivity index (χ0v) is 19.4. The topological polar surface area (TPSA) is 0 Å². The van der Waals surface area contributed by atoms with Crippen LogP contribution in [-0.2, 0) is 6.16 Å². The minimum Gasteiger partial charge on any atom is -0.0837 e. The second-order valence-electron chi connectivity index (χ2n) is 7.90. The summed E-state index contributed by atoms with van der Waals surface area (Å²) < 4.78 is 0. The van der Waals surface area contributed by atoms with Crippen LogP contribution in [0.15, 0.2) is 97.1 Å². The van der Waals surface area contributed by atoms with Crippen LogP contribution in [0.5, 0.6) is 0 Å². The molecule has 0 spiro atoms. The van der Waals surface area contributed by atoms with Crippen molar-refractivity contribution in [2.24, 2.45) is 0 Å². The van der Waals surface area contributed by atoms with E-state index in [1.807, 2.05) is 0 Å². The lowest BCUT2D eigenvalue weighted by atomic mass is 10.0. The van der Waals surface area contributed by atoms with E-state index < -0.39 is 7.26 Å². The lowest BCUT2D eigenvalue weighted by Crippen LogP contribution is -2.32. The van der Waals surface area contributed by atoms with Gasteiger partial charge in [-0.15, -0.1) is 0 Å². The maximum atomic E-state index is 6.73. The Balaban J connectivity index is 2.05. The summed E-state index contributed by atoms with van der Waals surface area (Å²) in [5.41, 5.74) is 5.05. The summed E-state index contributed by atoms with van der Waals surface area (Å²) >= 11 is 6.73. The van der Waals surface area contributed by atoms with Crippen molar-refractivity contribution < 1.29 is 0 Å². The highest BCUT2D eigenvalue weighted by atomic mass is 35.5. The summed E-state index contributed by atoms with van der Waals surface area (Å²) in [6.07, 6.45) is 0.961. The van der Waals surface area contributed by atoms with Gasteiger partial charge in [0.15, 0.2) is 0 Å². The fourth-order valence-electron chi connectivity index (χ4n) is 4.45. The smallest absolute Gasteiger partial charge is 0.0837 e. The number of aryl methyl sites for hydroxylation is 2. The molecule has 0 heterocycles. The van der Waals surface area contributed by atoms with Crippen molar-refractivity contribution in [1.82, 2.24) is 0 Å². The Kier molecular flexibility index (Phi) is 6.09. The van der Waals surface area contributed by atoms with Gasteiger partial charge in [0.1, 0.15) is 23.2 Å². The molecule has 0 fully saturated rings. The quantitative estimate of drug-likeness (QED) is 0.307. The molecule has 0 aliphatic heterocycles. The molecule has 2 heteroatoms. The van der Waals surface area contributed by atoms with Crippen LogP contribution >= 0.6 is 18.9 Å². The third-order valence-corrected chi connectivity index (χ3v) is 10.9. The normalized spacial score (nSPS) is 11.5. The summed E-state index contributed by atoms with van der Waals surface area (Å²) in [5, 5.41) is 5.09. The van der Waals surface area contributed by atoms with E-state index in [4.69, 9.17) is 11.6 Å². The second kappa shape index (κ2) is 8.76. The zero-order valence-electron chi connectivity index (χ0n) is 17.8. The van der Waals surface area contributed by atoms with Crippen LogP contribution in [0.3, 0.4) is 0 Å². The Labute approximate surface area is 185 Å². The van der Waals surface area contributed by atoms with Crippen molar-refractivity contribution in [3.8, 4) is 0 Å². The van der Waals surface area contributed by atoms with Crippen LogP contribution in [0, 0.1) is 20.8 Å². The van der Waals surface area contributed by atoms with Gasteiger partial charge in [-0.25, -0.2) is 0 Å². The molecule has 0 aliphatic rings. The number of halogens is 1. The van der Waals surface area contributed by atoms with Gasteiger partial charge < -0.3 is 0 Å². The molecule has 0 aliphatic carbocycles. The van der Waals surface area contributed by atoms with Gasteiger partial charge in [-0.3, -0.25) is 0 Å². The summed E-state index contributed by atoms with van der Waals surface area (Å²) in [6.45, 7) is 6.49. The van der Waals surface area contributed by atoms with E-state index in [-0.39, 0.29) is 0 Å². The Morgan fingerprint density at radius 2 is 1.00 bits per heavy atom. The molecule has 0 N–H and O–H groups in total. The summed E-state index contributed by atoms with van der Waals surface area (Å²) in [7, 11) is -1.92. The number of benzene rings is 4. The molecule has 30 heavy (non-hydrogen) atoms. The Hall–Kier alpha value is -2.40. The standard InChI is InChI=1S/C28H27ClP/c1-21-19-22(2)28(29)23(3)27(21)20-30(24-13-7-4-8-14-24,25-15-9-5-10-16-25)26-17-11-6-12-18-26/h4-19H,20H2,1-3H3/q+1. The first-order chi connectivity index (χ1) is 14.5. The van der Waals surface area contributed by atoms with Crippen LogP contribution in [0.1, 0.15) is 22.3 Å². The average molecular weight is 430 g/mol. The van der Waals surface area contributed by atoms with Crippen molar-refractivity contribution in [3.63, 3.8) is 0 Å². The molecule has 0 atom stereocenters. The monoisotopic (exact) mass is 429 g/mol. The first-order valence-electron chi connectivity index (χ1n) is 10.3. The van der Waals surface area contributed by atoms with E-state index in [0.29, 0.717) is 0 Å². The predicted octanol–water partition coefficient (Wildman–Crippen LogP) is 6.76. The SMILES string of the molecule is Cc1cc(C)c(C[P+](c2ccccc2)(c2ccccc2)c2ccccc2)c(C)c1Cl. The third-order valence-electron chi connectivity index (χ3n) is 6.02. The second-order valence-corrected chi connectivity index (χ2v) is 11.8. The summed E-state index contributed by atoms with van der Waals surface area (Å²) in [5.74, 6) is 0. The molecule has 0 unspecified atom stereocenters. The minimum absolute atomic E-state index is 0.892. The molecule has 4 aromatic rings. The van der Waals surface area contributed by atoms with Crippen LogP contribution in [-0.4, -0.2) is 0 Å². The fraction of sp³-hybridized carbons (Fsp3) is 0.143. The molecule has 150 valence electrons. The van der Waals surface area contributed by atoms with Crippen LogP contribution < -0.4 is 15.9 Å². The molecule has 0 bridgehead atoms. The van der Waals surface area contributed by atoms with E-state index in [2.05, 4.69) is 118 Å². The maximum Gasteiger partial charge on any atom is 0.116 e. The molecular weight excluding hydrogens is 403 g/mol. The van der Waals surface area contributed by atoms with Crippen molar-refractivity contribution in [2.75, 3.05) is 0 Å². The molecule has 0 saturated heterocycles. The fourth-order valence-corrected chi connectivity index (χ4v) is 9.06. The Morgan fingerprint density at radius 1 is 0.600 bits per heavy atom. The average Bonchev–Trinajstić information content (AvgIpc) is 2.80. The van der Waals surface area contributed by atoms with Gasteiger partial charge in [0.25, 0.3) is 0 Å². The highest BCUT2D eigenvalue weighted by molar-refractivity contribution is 7.95. The van der Waals surface area contributed by atoms with Crippen molar-refractivity contribution in [1.29, 1.82) is 0 Å². The van der Waals surface area contributed by atoms with Gasteiger partial charge in [0.2, 0.25) is 0 Å². The molecule has 4 aromatic carbocycles. The lowest BCUT2D eigenvalue weighted by Gasteiger charge is -2.29. The van der Waals surface area contributed by atoms with Crippen LogP contribution in [0.4, 0.5) is 0 Å². The van der Waals surface area contributed by atoms with Gasteiger partial charge in [-0.1, -0.05) is 72.3 Å². The molecule has 4 rings (SSSR count). The predicted molar refractivity (Wildman–Crippen MR) is 135 cm³/mol. The van der Waals surface area contributed by atoms with Gasteiger partial charge in [0.05, 0.1) is 6.16 Å². The van der Waals surface area contributed by atoms with Crippen molar-refractivity contribution >= 4 is 34.8 Å². The highest BCUT2D eigenvalue weighted by Crippen LogP contribution is 2.59. The first kappa shape index (κ1) is 20.9. The zero-order chi connectivity index (χ0) is 21.1. The van der Waals surface area contributed by atoms with Gasteiger partial charge >= 0.3 is 0 Å². The number of hydrogen-bond donors (Lipinski definition) is 0. The summed E-state index contributed by atoms with van der Waals surface area (Å²) in [6, 6.07) is 35.3. The Bertz CT molecular complexity index is 1040. The van der Waals surface area contributed by atoms with Crippen LogP contribution in [0.2, 0.25) is 5.02 Å². The number of rotatable bonds is 5. The Morgan fingerprint density at radius 3 is 1.40 bits per heavy atom. The highest BCUT2D eigenvalue weighted by Gasteiger charge is 2.46. The van der Waals surface area contributed by atoms with Crippen LogP contribution in [0.25, 0.3) is 0 Å². The van der Waals surface area contributed by atoms with E-state index in [1.165, 1.54) is 32.6 Å². The molecule has 0 radical (unpaired) electrons. The lowest BCUT2D eigenvalue weighted by molar-refractivity contribution is 1.20. The van der Waals surface area contributed by atoms with Gasteiger partial charge in [-0.05, 0) is 79.4 Å². The van der Waals surface area contributed by atoms with E-state index in [1.54, 1.807) is 0 Å². The molecule has 0 aromatic heterocycles. The largest absolute Gasteiger partial charge is 0.116 e. The molecule has 0 amide bonds.